The summed E-state index contributed by atoms with van der Waals surface area (Å²) in [7, 11) is 1.51. The van der Waals surface area contributed by atoms with Gasteiger partial charge in [0.15, 0.2) is 11.5 Å². The van der Waals surface area contributed by atoms with E-state index < -0.39 is 5.60 Å². The van der Waals surface area contributed by atoms with Gasteiger partial charge in [-0.3, -0.25) is 4.90 Å². The SMILES string of the molecule is COc1cc(CN2[C@H]3CC[C@H]2CC(O)(c2ccc(F)cc2)C3)c(Cl)cc1O. The Morgan fingerprint density at radius 2 is 1.81 bits per heavy atom. The molecule has 0 spiro atoms. The van der Waals surface area contributed by atoms with Gasteiger partial charge in [-0.2, -0.15) is 0 Å². The lowest BCUT2D eigenvalue weighted by Crippen LogP contribution is -2.49. The second-order valence-electron chi connectivity index (χ2n) is 7.62. The maximum Gasteiger partial charge on any atom is 0.160 e. The van der Waals surface area contributed by atoms with E-state index in [1.807, 2.05) is 0 Å². The Kier molecular flexibility index (Phi) is 4.78. The highest BCUT2D eigenvalue weighted by Crippen LogP contribution is 2.47. The lowest BCUT2D eigenvalue weighted by atomic mass is 9.80. The molecule has 2 aromatic carbocycles. The van der Waals surface area contributed by atoms with Gasteiger partial charge in [0.2, 0.25) is 0 Å². The Morgan fingerprint density at radius 3 is 2.41 bits per heavy atom. The zero-order chi connectivity index (χ0) is 19.2. The van der Waals surface area contributed by atoms with Crippen molar-refractivity contribution in [1.29, 1.82) is 0 Å². The average Bonchev–Trinajstić information content (AvgIpc) is 2.88. The van der Waals surface area contributed by atoms with Crippen molar-refractivity contribution in [2.45, 2.75) is 49.9 Å². The zero-order valence-corrected chi connectivity index (χ0v) is 15.9. The van der Waals surface area contributed by atoms with Crippen LogP contribution in [0.25, 0.3) is 0 Å². The van der Waals surface area contributed by atoms with Gasteiger partial charge in [-0.1, -0.05) is 23.7 Å². The third-order valence-corrected chi connectivity index (χ3v) is 6.35. The zero-order valence-electron chi connectivity index (χ0n) is 15.2. The maximum atomic E-state index is 13.2. The van der Waals surface area contributed by atoms with Crippen molar-refractivity contribution in [3.8, 4) is 11.5 Å². The Bertz CT molecular complexity index is 828. The molecule has 2 bridgehead atoms. The fourth-order valence-corrected chi connectivity index (χ4v) is 4.85. The first kappa shape index (κ1) is 18.5. The van der Waals surface area contributed by atoms with E-state index in [2.05, 4.69) is 4.90 Å². The molecule has 2 atom stereocenters. The summed E-state index contributed by atoms with van der Waals surface area (Å²) in [6.07, 6.45) is 3.26. The Hall–Kier alpha value is -1.82. The van der Waals surface area contributed by atoms with Crippen molar-refractivity contribution in [2.75, 3.05) is 7.11 Å². The monoisotopic (exact) mass is 391 g/mol. The van der Waals surface area contributed by atoms with Gasteiger partial charge in [0.05, 0.1) is 12.7 Å². The maximum absolute atomic E-state index is 13.2. The highest BCUT2D eigenvalue weighted by molar-refractivity contribution is 6.31. The molecule has 2 fully saturated rings. The van der Waals surface area contributed by atoms with Crippen LogP contribution >= 0.6 is 11.6 Å². The fourth-order valence-electron chi connectivity index (χ4n) is 4.64. The number of methoxy groups -OCH3 is 1. The highest BCUT2D eigenvalue weighted by atomic mass is 35.5. The molecule has 0 unspecified atom stereocenters. The molecule has 2 aromatic rings. The van der Waals surface area contributed by atoms with Gasteiger partial charge in [-0.15, -0.1) is 0 Å². The molecule has 2 heterocycles. The normalized spacial score (nSPS) is 27.7. The molecule has 0 aliphatic carbocycles. The summed E-state index contributed by atoms with van der Waals surface area (Å²) in [5, 5.41) is 21.6. The standard InChI is InChI=1S/C21H23ClFNO3/c1-27-20-8-13(18(22)9-19(20)25)12-24-16-6-7-17(24)11-21(26,10-16)14-2-4-15(23)5-3-14/h2-5,8-9,16-17,25-26H,6-7,10-12H2,1H3/t16-,17-/m0/s1. The summed E-state index contributed by atoms with van der Waals surface area (Å²) < 4.78 is 18.4. The number of fused-ring (bicyclic) bond motifs is 2. The van der Waals surface area contributed by atoms with E-state index in [4.69, 9.17) is 16.3 Å². The summed E-state index contributed by atoms with van der Waals surface area (Å²) in [6, 6.07) is 9.94. The highest BCUT2D eigenvalue weighted by Gasteiger charge is 2.48. The van der Waals surface area contributed by atoms with Gasteiger partial charge in [0.1, 0.15) is 5.82 Å². The van der Waals surface area contributed by atoms with Gasteiger partial charge in [0, 0.05) is 29.7 Å². The van der Waals surface area contributed by atoms with Crippen LogP contribution in [0.5, 0.6) is 11.5 Å². The van der Waals surface area contributed by atoms with Crippen LogP contribution in [0.15, 0.2) is 36.4 Å². The summed E-state index contributed by atoms with van der Waals surface area (Å²) in [5.41, 5.74) is 0.757. The van der Waals surface area contributed by atoms with E-state index in [0.29, 0.717) is 30.2 Å². The number of benzene rings is 2. The first-order valence-electron chi connectivity index (χ1n) is 9.19. The largest absolute Gasteiger partial charge is 0.504 e. The molecular weight excluding hydrogens is 369 g/mol. The number of hydrogen-bond acceptors (Lipinski definition) is 4. The lowest BCUT2D eigenvalue weighted by Gasteiger charge is -2.44. The molecule has 2 aliphatic rings. The molecule has 0 radical (unpaired) electrons. The minimum atomic E-state index is -0.924. The molecule has 2 N–H and O–H groups in total. The van der Waals surface area contributed by atoms with E-state index in [9.17, 15) is 14.6 Å². The predicted molar refractivity (Wildman–Crippen MR) is 102 cm³/mol. The minimum absolute atomic E-state index is 0.0264. The smallest absolute Gasteiger partial charge is 0.160 e. The number of halogens is 2. The summed E-state index contributed by atoms with van der Waals surface area (Å²) in [6.45, 7) is 0.643. The molecule has 2 aliphatic heterocycles. The van der Waals surface area contributed by atoms with Crippen LogP contribution in [0.1, 0.15) is 36.8 Å². The fraction of sp³-hybridized carbons (Fsp3) is 0.429. The van der Waals surface area contributed by atoms with Crippen LogP contribution in [0.3, 0.4) is 0 Å². The molecule has 4 rings (SSSR count). The first-order valence-corrected chi connectivity index (χ1v) is 9.57. The quantitative estimate of drug-likeness (QED) is 0.819. The Morgan fingerprint density at radius 1 is 1.19 bits per heavy atom. The molecular formula is C21H23ClFNO3. The van der Waals surface area contributed by atoms with Crippen molar-refractivity contribution in [3.63, 3.8) is 0 Å². The van der Waals surface area contributed by atoms with Crippen molar-refractivity contribution in [2.24, 2.45) is 0 Å². The molecule has 0 aromatic heterocycles. The number of rotatable bonds is 4. The van der Waals surface area contributed by atoms with Crippen LogP contribution in [0.2, 0.25) is 5.02 Å². The van der Waals surface area contributed by atoms with Crippen LogP contribution in [0, 0.1) is 5.82 Å². The van der Waals surface area contributed by atoms with Crippen LogP contribution in [-0.4, -0.2) is 34.3 Å². The van der Waals surface area contributed by atoms with E-state index in [1.54, 1.807) is 18.2 Å². The van der Waals surface area contributed by atoms with E-state index in [0.717, 1.165) is 24.0 Å². The number of aliphatic hydroxyl groups is 1. The number of phenols is 1. The van der Waals surface area contributed by atoms with Gasteiger partial charge >= 0.3 is 0 Å². The number of piperidine rings is 1. The molecule has 2 saturated heterocycles. The molecule has 4 nitrogen and oxygen atoms in total. The molecule has 27 heavy (non-hydrogen) atoms. The average molecular weight is 392 g/mol. The number of hydrogen-bond donors (Lipinski definition) is 2. The first-order chi connectivity index (χ1) is 12.9. The number of phenolic OH excluding ortho intramolecular Hbond substituents is 1. The third kappa shape index (κ3) is 3.40. The summed E-state index contributed by atoms with van der Waals surface area (Å²) >= 11 is 6.33. The van der Waals surface area contributed by atoms with Gasteiger partial charge in [0.25, 0.3) is 0 Å². The topological polar surface area (TPSA) is 52.9 Å². The van der Waals surface area contributed by atoms with Gasteiger partial charge in [-0.05, 0) is 55.0 Å². The van der Waals surface area contributed by atoms with Crippen molar-refractivity contribution in [1.82, 2.24) is 4.90 Å². The Balaban J connectivity index is 1.56. The summed E-state index contributed by atoms with van der Waals surface area (Å²) in [4.78, 5) is 2.38. The minimum Gasteiger partial charge on any atom is -0.504 e. The van der Waals surface area contributed by atoms with E-state index in [1.165, 1.54) is 25.3 Å². The van der Waals surface area contributed by atoms with Gasteiger partial charge in [-0.25, -0.2) is 4.39 Å². The van der Waals surface area contributed by atoms with Crippen molar-refractivity contribution >= 4 is 11.6 Å². The number of ether oxygens (including phenoxy) is 1. The second-order valence-corrected chi connectivity index (χ2v) is 8.03. The molecule has 0 amide bonds. The van der Waals surface area contributed by atoms with Crippen molar-refractivity contribution < 1.29 is 19.3 Å². The molecule has 0 saturated carbocycles. The van der Waals surface area contributed by atoms with E-state index in [-0.39, 0.29) is 23.7 Å². The van der Waals surface area contributed by atoms with Crippen LogP contribution in [-0.2, 0) is 12.1 Å². The van der Waals surface area contributed by atoms with Crippen LogP contribution in [0.4, 0.5) is 4.39 Å². The van der Waals surface area contributed by atoms with E-state index >= 15 is 0 Å². The summed E-state index contributed by atoms with van der Waals surface area (Å²) in [5.74, 6) is 0.138. The third-order valence-electron chi connectivity index (χ3n) is 6.00. The van der Waals surface area contributed by atoms with Crippen LogP contribution < -0.4 is 4.74 Å². The Labute approximate surface area is 163 Å². The predicted octanol–water partition coefficient (Wildman–Crippen LogP) is 4.21. The molecule has 144 valence electrons. The number of aromatic hydroxyl groups is 1. The lowest BCUT2D eigenvalue weighted by molar-refractivity contribution is -0.0595. The second kappa shape index (κ2) is 6.97. The van der Waals surface area contributed by atoms with Gasteiger partial charge < -0.3 is 14.9 Å². The molecule has 6 heteroatoms. The number of nitrogens with zero attached hydrogens (tertiary/aromatic N) is 1. The van der Waals surface area contributed by atoms with Crippen molar-refractivity contribution in [3.05, 3.63) is 58.4 Å².